The molecule has 1 unspecified atom stereocenters. The summed E-state index contributed by atoms with van der Waals surface area (Å²) in [5.74, 6) is 0.300. The maximum atomic E-state index is 12.4. The number of likely N-dealkylation sites (N-methyl/N-ethyl adjacent to an activating group) is 1. The topological polar surface area (TPSA) is 69.7 Å². The van der Waals surface area contributed by atoms with Crippen molar-refractivity contribution in [3.8, 4) is 0 Å². The number of carbonyl (C=O) groups is 1. The van der Waals surface area contributed by atoms with E-state index in [0.717, 1.165) is 18.8 Å². The SMILES string of the molecule is CCN(CC(=O)Nc1ccc(N2CCCCC2)cc1)C1CCS(=O)(=O)C1. The van der Waals surface area contributed by atoms with E-state index >= 15 is 0 Å². The lowest BCUT2D eigenvalue weighted by Crippen LogP contribution is -2.41. The molecule has 7 heteroatoms. The normalized spacial score (nSPS) is 22.5. The lowest BCUT2D eigenvalue weighted by atomic mass is 10.1. The van der Waals surface area contributed by atoms with Crippen molar-refractivity contribution < 1.29 is 13.2 Å². The second-order valence-corrected chi connectivity index (χ2v) is 9.49. The molecular weight excluding hydrogens is 350 g/mol. The van der Waals surface area contributed by atoms with Gasteiger partial charge in [0.05, 0.1) is 18.1 Å². The van der Waals surface area contributed by atoms with E-state index in [-0.39, 0.29) is 30.0 Å². The van der Waals surface area contributed by atoms with Crippen LogP contribution in [0.15, 0.2) is 24.3 Å². The lowest BCUT2D eigenvalue weighted by molar-refractivity contribution is -0.117. The molecule has 1 aromatic rings. The van der Waals surface area contributed by atoms with Gasteiger partial charge in [-0.25, -0.2) is 8.42 Å². The molecule has 1 N–H and O–H groups in total. The van der Waals surface area contributed by atoms with E-state index in [4.69, 9.17) is 0 Å². The van der Waals surface area contributed by atoms with Crippen molar-refractivity contribution in [3.05, 3.63) is 24.3 Å². The van der Waals surface area contributed by atoms with Crippen molar-refractivity contribution in [2.75, 3.05) is 47.9 Å². The number of sulfone groups is 1. The minimum absolute atomic E-state index is 0.0442. The summed E-state index contributed by atoms with van der Waals surface area (Å²) in [6.07, 6.45) is 4.40. The third kappa shape index (κ3) is 4.98. The van der Waals surface area contributed by atoms with E-state index in [2.05, 4.69) is 22.3 Å². The van der Waals surface area contributed by atoms with Gasteiger partial charge in [0.15, 0.2) is 9.84 Å². The molecule has 26 heavy (non-hydrogen) atoms. The Morgan fingerprint density at radius 2 is 1.88 bits per heavy atom. The Morgan fingerprint density at radius 3 is 2.46 bits per heavy atom. The smallest absolute Gasteiger partial charge is 0.238 e. The predicted octanol–water partition coefficient (Wildman–Crippen LogP) is 2.12. The van der Waals surface area contributed by atoms with Crippen LogP contribution < -0.4 is 10.2 Å². The van der Waals surface area contributed by atoms with Gasteiger partial charge in [0.25, 0.3) is 0 Å². The van der Waals surface area contributed by atoms with Crippen molar-refractivity contribution in [1.82, 2.24) is 4.90 Å². The van der Waals surface area contributed by atoms with E-state index in [0.29, 0.717) is 13.0 Å². The zero-order chi connectivity index (χ0) is 18.6. The first-order valence-corrected chi connectivity index (χ1v) is 11.4. The molecule has 0 bridgehead atoms. The van der Waals surface area contributed by atoms with Crippen LogP contribution in [-0.2, 0) is 14.6 Å². The van der Waals surface area contributed by atoms with Crippen LogP contribution in [0.1, 0.15) is 32.6 Å². The average molecular weight is 380 g/mol. The first kappa shape index (κ1) is 19.2. The molecule has 0 aromatic heterocycles. The highest BCUT2D eigenvalue weighted by Gasteiger charge is 2.32. The number of nitrogens with zero attached hydrogens (tertiary/aromatic N) is 2. The van der Waals surface area contributed by atoms with Crippen molar-refractivity contribution in [3.63, 3.8) is 0 Å². The first-order chi connectivity index (χ1) is 12.5. The molecule has 3 rings (SSSR count). The Morgan fingerprint density at radius 1 is 1.19 bits per heavy atom. The van der Waals surface area contributed by atoms with Gasteiger partial charge in [-0.1, -0.05) is 6.92 Å². The molecule has 0 aliphatic carbocycles. The van der Waals surface area contributed by atoms with Crippen LogP contribution >= 0.6 is 0 Å². The molecule has 1 atom stereocenters. The van der Waals surface area contributed by atoms with E-state index in [1.807, 2.05) is 24.0 Å². The monoisotopic (exact) mass is 379 g/mol. The zero-order valence-electron chi connectivity index (χ0n) is 15.5. The molecule has 1 aromatic carbocycles. The molecule has 1 amide bonds. The molecule has 2 aliphatic heterocycles. The second kappa shape index (κ2) is 8.39. The fraction of sp³-hybridized carbons (Fsp3) is 0.632. The first-order valence-electron chi connectivity index (χ1n) is 9.56. The van der Waals surface area contributed by atoms with E-state index in [9.17, 15) is 13.2 Å². The summed E-state index contributed by atoms with van der Waals surface area (Å²) < 4.78 is 23.3. The van der Waals surface area contributed by atoms with Crippen molar-refractivity contribution in [2.45, 2.75) is 38.6 Å². The maximum absolute atomic E-state index is 12.4. The van der Waals surface area contributed by atoms with Gasteiger partial charge in [0.2, 0.25) is 5.91 Å². The fourth-order valence-corrected chi connectivity index (χ4v) is 5.62. The van der Waals surface area contributed by atoms with Crippen LogP contribution in [-0.4, -0.2) is 63.0 Å². The number of rotatable bonds is 6. The fourth-order valence-electron chi connectivity index (χ4n) is 3.86. The summed E-state index contributed by atoms with van der Waals surface area (Å²) in [5, 5.41) is 2.93. The van der Waals surface area contributed by atoms with Gasteiger partial charge in [-0.3, -0.25) is 9.69 Å². The standard InChI is InChI=1S/C19H29N3O3S/c1-2-21(18-10-13-26(24,25)15-18)14-19(23)20-16-6-8-17(9-7-16)22-11-4-3-5-12-22/h6-9,18H,2-5,10-15H2,1H3,(H,20,23). The van der Waals surface area contributed by atoms with Gasteiger partial charge in [0.1, 0.15) is 0 Å². The average Bonchev–Trinajstić information content (AvgIpc) is 3.01. The molecule has 2 fully saturated rings. The number of hydrogen-bond acceptors (Lipinski definition) is 5. The van der Waals surface area contributed by atoms with Crippen LogP contribution in [0, 0.1) is 0 Å². The molecule has 2 saturated heterocycles. The zero-order valence-corrected chi connectivity index (χ0v) is 16.3. The quantitative estimate of drug-likeness (QED) is 0.820. The van der Waals surface area contributed by atoms with Crippen molar-refractivity contribution in [2.24, 2.45) is 0 Å². The van der Waals surface area contributed by atoms with Crippen LogP contribution in [0.4, 0.5) is 11.4 Å². The Hall–Kier alpha value is -1.60. The van der Waals surface area contributed by atoms with Gasteiger partial charge >= 0.3 is 0 Å². The van der Waals surface area contributed by atoms with Gasteiger partial charge in [-0.15, -0.1) is 0 Å². The lowest BCUT2D eigenvalue weighted by Gasteiger charge is -2.29. The highest BCUT2D eigenvalue weighted by molar-refractivity contribution is 7.91. The van der Waals surface area contributed by atoms with Crippen LogP contribution in [0.5, 0.6) is 0 Å². The number of anilines is 2. The van der Waals surface area contributed by atoms with E-state index in [1.54, 1.807) is 0 Å². The molecule has 0 saturated carbocycles. The summed E-state index contributed by atoms with van der Waals surface area (Å²) in [6, 6.07) is 7.96. The molecular formula is C19H29N3O3S. The third-order valence-corrected chi connectivity index (χ3v) is 7.10. The second-order valence-electron chi connectivity index (χ2n) is 7.26. The molecule has 0 spiro atoms. The Balaban J connectivity index is 1.53. The number of piperidine rings is 1. The van der Waals surface area contributed by atoms with Gasteiger partial charge in [-0.2, -0.15) is 0 Å². The Labute approximate surface area is 156 Å². The molecule has 6 nitrogen and oxygen atoms in total. The molecule has 0 radical (unpaired) electrons. The number of nitrogens with one attached hydrogen (secondary N) is 1. The van der Waals surface area contributed by atoms with Gasteiger partial charge in [0, 0.05) is 30.5 Å². The minimum Gasteiger partial charge on any atom is -0.372 e. The minimum atomic E-state index is -2.94. The number of benzene rings is 1. The van der Waals surface area contributed by atoms with Crippen LogP contribution in [0.3, 0.4) is 0 Å². The van der Waals surface area contributed by atoms with Gasteiger partial charge in [-0.05, 0) is 56.5 Å². The summed E-state index contributed by atoms with van der Waals surface area (Å²) in [6.45, 7) is 5.06. The van der Waals surface area contributed by atoms with Crippen molar-refractivity contribution in [1.29, 1.82) is 0 Å². The molecule has 2 heterocycles. The number of amides is 1. The third-order valence-electron chi connectivity index (χ3n) is 5.35. The number of carbonyl (C=O) groups excluding carboxylic acids is 1. The molecule has 144 valence electrons. The van der Waals surface area contributed by atoms with E-state index in [1.165, 1.54) is 24.9 Å². The maximum Gasteiger partial charge on any atom is 0.238 e. The Bertz CT molecular complexity index is 712. The van der Waals surface area contributed by atoms with Crippen LogP contribution in [0.2, 0.25) is 0 Å². The largest absolute Gasteiger partial charge is 0.372 e. The summed E-state index contributed by atoms with van der Waals surface area (Å²) in [7, 11) is -2.94. The van der Waals surface area contributed by atoms with Gasteiger partial charge < -0.3 is 10.2 Å². The highest BCUT2D eigenvalue weighted by Crippen LogP contribution is 2.22. The Kier molecular flexibility index (Phi) is 6.19. The van der Waals surface area contributed by atoms with Crippen molar-refractivity contribution >= 4 is 27.1 Å². The molecule has 2 aliphatic rings. The van der Waals surface area contributed by atoms with E-state index < -0.39 is 9.84 Å². The summed E-state index contributed by atoms with van der Waals surface area (Å²) in [5.41, 5.74) is 1.99. The number of hydrogen-bond donors (Lipinski definition) is 1. The summed E-state index contributed by atoms with van der Waals surface area (Å²) >= 11 is 0. The predicted molar refractivity (Wildman–Crippen MR) is 105 cm³/mol. The highest BCUT2D eigenvalue weighted by atomic mass is 32.2. The summed E-state index contributed by atoms with van der Waals surface area (Å²) in [4.78, 5) is 16.7. The van der Waals surface area contributed by atoms with Crippen LogP contribution in [0.25, 0.3) is 0 Å².